The van der Waals surface area contributed by atoms with Crippen molar-refractivity contribution >= 4 is 17.7 Å². The molecular formula is C24H26FN3O. The van der Waals surface area contributed by atoms with Gasteiger partial charge in [0.25, 0.3) is 0 Å². The molecule has 2 aromatic carbocycles. The minimum Gasteiger partial charge on any atom is -0.319 e. The molecule has 150 valence electrons. The quantitative estimate of drug-likeness (QED) is 0.567. The lowest BCUT2D eigenvalue weighted by Crippen LogP contribution is -2.10. The zero-order valence-electron chi connectivity index (χ0n) is 17.2. The van der Waals surface area contributed by atoms with Gasteiger partial charge in [0.1, 0.15) is 5.82 Å². The first kappa shape index (κ1) is 20.5. The Morgan fingerprint density at radius 1 is 1.17 bits per heavy atom. The molecule has 0 saturated heterocycles. The first-order chi connectivity index (χ1) is 13.8. The smallest absolute Gasteiger partial charge is 0.248 e. The van der Waals surface area contributed by atoms with Crippen molar-refractivity contribution in [2.75, 3.05) is 5.32 Å². The Kier molecular flexibility index (Phi) is 6.27. The number of benzene rings is 2. The first-order valence-corrected chi connectivity index (χ1v) is 9.71. The van der Waals surface area contributed by atoms with Gasteiger partial charge in [0.15, 0.2) is 0 Å². The molecule has 1 heterocycles. The summed E-state index contributed by atoms with van der Waals surface area (Å²) in [6.07, 6.45) is 3.31. The van der Waals surface area contributed by atoms with Crippen LogP contribution in [0.4, 0.5) is 10.1 Å². The van der Waals surface area contributed by atoms with Crippen LogP contribution in [0.5, 0.6) is 0 Å². The van der Waals surface area contributed by atoms with Gasteiger partial charge in [0, 0.05) is 6.08 Å². The second kappa shape index (κ2) is 8.86. The zero-order valence-corrected chi connectivity index (χ0v) is 17.2. The fourth-order valence-electron chi connectivity index (χ4n) is 3.17. The number of halogens is 1. The topological polar surface area (TPSA) is 46.9 Å². The summed E-state index contributed by atoms with van der Waals surface area (Å²) in [4.78, 5) is 12.4. The molecule has 0 aliphatic carbocycles. The predicted molar refractivity (Wildman–Crippen MR) is 115 cm³/mol. The lowest BCUT2D eigenvalue weighted by atomic mass is 10.0. The molecule has 3 rings (SSSR count). The Morgan fingerprint density at radius 2 is 1.90 bits per heavy atom. The standard InChI is InChI=1S/C24H26FN3O/c1-16(2)21-11-8-19(9-12-21)10-13-23(29)26-24-17(3)27-28(18(24)4)15-20-6-5-7-22(25)14-20/h5-14,16H,15H2,1-4H3,(H,26,29)/b13-10+. The van der Waals surface area contributed by atoms with Crippen LogP contribution in [0.1, 0.15) is 47.8 Å². The van der Waals surface area contributed by atoms with Crippen LogP contribution in [0, 0.1) is 19.7 Å². The third-order valence-electron chi connectivity index (χ3n) is 4.88. The van der Waals surface area contributed by atoms with Gasteiger partial charge in [-0.05, 0) is 54.7 Å². The van der Waals surface area contributed by atoms with E-state index in [0.29, 0.717) is 18.2 Å². The maximum atomic E-state index is 13.4. The molecule has 1 amide bonds. The van der Waals surface area contributed by atoms with Crippen molar-refractivity contribution in [3.63, 3.8) is 0 Å². The summed E-state index contributed by atoms with van der Waals surface area (Å²) >= 11 is 0. The molecular weight excluding hydrogens is 365 g/mol. The zero-order chi connectivity index (χ0) is 21.0. The summed E-state index contributed by atoms with van der Waals surface area (Å²) in [6.45, 7) is 8.48. The van der Waals surface area contributed by atoms with E-state index in [0.717, 1.165) is 22.5 Å². The first-order valence-electron chi connectivity index (χ1n) is 9.71. The van der Waals surface area contributed by atoms with E-state index in [-0.39, 0.29) is 11.7 Å². The second-order valence-corrected chi connectivity index (χ2v) is 7.48. The van der Waals surface area contributed by atoms with Crippen LogP contribution in [0.2, 0.25) is 0 Å². The average Bonchev–Trinajstić information content (AvgIpc) is 2.94. The molecule has 0 aliphatic rings. The fraction of sp³-hybridized carbons (Fsp3) is 0.250. The minimum atomic E-state index is -0.274. The SMILES string of the molecule is Cc1nn(Cc2cccc(F)c2)c(C)c1NC(=O)/C=C/c1ccc(C(C)C)cc1. The van der Waals surface area contributed by atoms with Gasteiger partial charge in [-0.15, -0.1) is 0 Å². The third-order valence-corrected chi connectivity index (χ3v) is 4.88. The number of aryl methyl sites for hydroxylation is 1. The van der Waals surface area contributed by atoms with Gasteiger partial charge in [0.2, 0.25) is 5.91 Å². The van der Waals surface area contributed by atoms with Crippen molar-refractivity contribution in [2.45, 2.75) is 40.2 Å². The number of nitrogens with one attached hydrogen (secondary N) is 1. The molecule has 0 aliphatic heterocycles. The highest BCUT2D eigenvalue weighted by Gasteiger charge is 2.13. The van der Waals surface area contributed by atoms with Crippen LogP contribution in [-0.4, -0.2) is 15.7 Å². The molecule has 0 spiro atoms. The number of carbonyl (C=O) groups excluding carboxylic acids is 1. The molecule has 0 unspecified atom stereocenters. The fourth-order valence-corrected chi connectivity index (χ4v) is 3.17. The van der Waals surface area contributed by atoms with Crippen LogP contribution in [-0.2, 0) is 11.3 Å². The van der Waals surface area contributed by atoms with E-state index < -0.39 is 0 Å². The number of anilines is 1. The maximum Gasteiger partial charge on any atom is 0.248 e. The maximum absolute atomic E-state index is 13.4. The molecule has 4 nitrogen and oxygen atoms in total. The van der Waals surface area contributed by atoms with Gasteiger partial charge >= 0.3 is 0 Å². The molecule has 0 radical (unpaired) electrons. The van der Waals surface area contributed by atoms with Crippen molar-refractivity contribution < 1.29 is 9.18 Å². The summed E-state index contributed by atoms with van der Waals surface area (Å²) in [6, 6.07) is 14.6. The lowest BCUT2D eigenvalue weighted by Gasteiger charge is -2.06. The Labute approximate surface area is 171 Å². The molecule has 0 saturated carbocycles. The highest BCUT2D eigenvalue weighted by atomic mass is 19.1. The summed E-state index contributed by atoms with van der Waals surface area (Å²) in [7, 11) is 0. The van der Waals surface area contributed by atoms with Crippen LogP contribution >= 0.6 is 0 Å². The number of aromatic nitrogens is 2. The minimum absolute atomic E-state index is 0.213. The predicted octanol–water partition coefficient (Wildman–Crippen LogP) is 5.46. The van der Waals surface area contributed by atoms with Crippen LogP contribution in [0.3, 0.4) is 0 Å². The average molecular weight is 391 g/mol. The van der Waals surface area contributed by atoms with Crippen molar-refractivity contribution in [1.82, 2.24) is 9.78 Å². The second-order valence-electron chi connectivity index (χ2n) is 7.48. The summed E-state index contributed by atoms with van der Waals surface area (Å²) in [5, 5.41) is 7.40. The van der Waals surface area contributed by atoms with E-state index in [2.05, 4.69) is 36.4 Å². The van der Waals surface area contributed by atoms with Gasteiger partial charge in [0.05, 0.1) is 23.6 Å². The molecule has 1 N–H and O–H groups in total. The van der Waals surface area contributed by atoms with Crippen LogP contribution in [0.25, 0.3) is 6.08 Å². The summed E-state index contributed by atoms with van der Waals surface area (Å²) < 4.78 is 15.2. The van der Waals surface area contributed by atoms with E-state index in [1.165, 1.54) is 23.8 Å². The number of nitrogens with zero attached hydrogens (tertiary/aromatic N) is 2. The molecule has 0 bridgehead atoms. The monoisotopic (exact) mass is 391 g/mol. The molecule has 0 fully saturated rings. The van der Waals surface area contributed by atoms with E-state index in [9.17, 15) is 9.18 Å². The summed E-state index contributed by atoms with van der Waals surface area (Å²) in [5.74, 6) is -0.00948. The Balaban J connectivity index is 1.69. The molecule has 1 aromatic heterocycles. The Hall–Kier alpha value is -3.21. The highest BCUT2D eigenvalue weighted by Crippen LogP contribution is 2.21. The van der Waals surface area contributed by atoms with Gasteiger partial charge in [-0.2, -0.15) is 5.10 Å². The van der Waals surface area contributed by atoms with Gasteiger partial charge in [-0.3, -0.25) is 9.48 Å². The normalized spacial score (nSPS) is 11.4. The molecule has 29 heavy (non-hydrogen) atoms. The number of carbonyl (C=O) groups is 1. The van der Waals surface area contributed by atoms with Gasteiger partial charge < -0.3 is 5.32 Å². The van der Waals surface area contributed by atoms with Crippen LogP contribution < -0.4 is 5.32 Å². The third kappa shape index (κ3) is 5.19. The van der Waals surface area contributed by atoms with E-state index in [1.54, 1.807) is 16.8 Å². The summed E-state index contributed by atoms with van der Waals surface area (Å²) in [5.41, 5.74) is 5.30. The van der Waals surface area contributed by atoms with E-state index in [1.807, 2.05) is 32.0 Å². The van der Waals surface area contributed by atoms with Crippen molar-refractivity contribution in [3.8, 4) is 0 Å². The Bertz CT molecular complexity index is 1030. The molecule has 3 aromatic rings. The number of hydrogen-bond donors (Lipinski definition) is 1. The van der Waals surface area contributed by atoms with E-state index in [4.69, 9.17) is 0 Å². The van der Waals surface area contributed by atoms with Crippen molar-refractivity contribution in [2.24, 2.45) is 0 Å². The van der Waals surface area contributed by atoms with Gasteiger partial charge in [-0.1, -0.05) is 50.2 Å². The van der Waals surface area contributed by atoms with Gasteiger partial charge in [-0.25, -0.2) is 4.39 Å². The van der Waals surface area contributed by atoms with Crippen molar-refractivity contribution in [3.05, 3.63) is 88.5 Å². The van der Waals surface area contributed by atoms with E-state index >= 15 is 0 Å². The number of amides is 1. The Morgan fingerprint density at radius 3 is 2.55 bits per heavy atom. The van der Waals surface area contributed by atoms with Crippen molar-refractivity contribution in [1.29, 1.82) is 0 Å². The molecule has 0 atom stereocenters. The molecule has 5 heteroatoms. The number of hydrogen-bond acceptors (Lipinski definition) is 2. The highest BCUT2D eigenvalue weighted by molar-refractivity contribution is 6.02. The largest absolute Gasteiger partial charge is 0.319 e. The number of rotatable bonds is 6. The van der Waals surface area contributed by atoms with Crippen LogP contribution in [0.15, 0.2) is 54.6 Å². The lowest BCUT2D eigenvalue weighted by molar-refractivity contribution is -0.111.